The van der Waals surface area contributed by atoms with Crippen LogP contribution in [0.1, 0.15) is 11.3 Å². The lowest BCUT2D eigenvalue weighted by Gasteiger charge is -2.37. The number of anilines is 3. The van der Waals surface area contributed by atoms with Crippen LogP contribution < -0.4 is 14.7 Å². The number of aryl methyl sites for hydroxylation is 1. The van der Waals surface area contributed by atoms with Gasteiger partial charge in [0.15, 0.2) is 11.6 Å². The molecule has 0 amide bonds. The van der Waals surface area contributed by atoms with Crippen molar-refractivity contribution in [3.63, 3.8) is 0 Å². The van der Waals surface area contributed by atoms with E-state index in [9.17, 15) is 0 Å². The van der Waals surface area contributed by atoms with E-state index in [4.69, 9.17) is 0 Å². The van der Waals surface area contributed by atoms with Gasteiger partial charge >= 0.3 is 0 Å². The average molecular weight is 353 g/mol. The molecule has 0 bridgehead atoms. The first-order chi connectivity index (χ1) is 12.5. The molecular formula is C17H23N9. The van der Waals surface area contributed by atoms with Gasteiger partial charge < -0.3 is 14.7 Å². The third-order valence-electron chi connectivity index (χ3n) is 4.87. The second kappa shape index (κ2) is 6.40. The maximum atomic E-state index is 4.51. The summed E-state index contributed by atoms with van der Waals surface area (Å²) < 4.78 is 1.84. The molecule has 0 radical (unpaired) electrons. The molecule has 1 saturated heterocycles. The number of hydrogen-bond acceptors (Lipinski definition) is 8. The van der Waals surface area contributed by atoms with Crippen LogP contribution in [0.4, 0.5) is 17.5 Å². The predicted molar refractivity (Wildman–Crippen MR) is 101 cm³/mol. The Morgan fingerprint density at radius 3 is 2.35 bits per heavy atom. The fourth-order valence-electron chi connectivity index (χ4n) is 3.26. The molecule has 0 spiro atoms. The first kappa shape index (κ1) is 16.5. The Morgan fingerprint density at radius 1 is 0.962 bits per heavy atom. The molecule has 136 valence electrons. The van der Waals surface area contributed by atoms with Crippen LogP contribution in [0.25, 0.3) is 5.78 Å². The minimum Gasteiger partial charge on any atom is -0.361 e. The molecule has 0 aliphatic carbocycles. The molecule has 0 N–H and O–H groups in total. The van der Waals surface area contributed by atoms with Crippen LogP contribution in [0.15, 0.2) is 18.5 Å². The van der Waals surface area contributed by atoms with Crippen molar-refractivity contribution < 1.29 is 0 Å². The van der Waals surface area contributed by atoms with Crippen molar-refractivity contribution in [3.8, 4) is 0 Å². The van der Waals surface area contributed by atoms with Crippen molar-refractivity contribution in [1.82, 2.24) is 29.8 Å². The van der Waals surface area contributed by atoms with Crippen molar-refractivity contribution in [2.24, 2.45) is 0 Å². The van der Waals surface area contributed by atoms with Crippen molar-refractivity contribution >= 4 is 23.2 Å². The zero-order valence-electron chi connectivity index (χ0n) is 15.6. The Bertz CT molecular complexity index is 908. The van der Waals surface area contributed by atoms with Gasteiger partial charge in [0.2, 0.25) is 0 Å². The Hall–Kier alpha value is -2.97. The van der Waals surface area contributed by atoms with E-state index in [0.29, 0.717) is 5.78 Å². The van der Waals surface area contributed by atoms with Crippen LogP contribution in [0, 0.1) is 13.8 Å². The summed E-state index contributed by atoms with van der Waals surface area (Å²) in [5, 5.41) is 13.0. The van der Waals surface area contributed by atoms with E-state index in [1.807, 2.05) is 42.6 Å². The van der Waals surface area contributed by atoms with Gasteiger partial charge in [-0.25, -0.2) is 4.98 Å². The maximum absolute atomic E-state index is 4.51. The summed E-state index contributed by atoms with van der Waals surface area (Å²) in [4.78, 5) is 15.3. The highest BCUT2D eigenvalue weighted by Gasteiger charge is 2.23. The summed E-state index contributed by atoms with van der Waals surface area (Å²) in [5.74, 6) is 3.52. The quantitative estimate of drug-likeness (QED) is 0.688. The molecule has 3 aromatic rings. The zero-order valence-corrected chi connectivity index (χ0v) is 15.6. The molecular weight excluding hydrogens is 330 g/mol. The predicted octanol–water partition coefficient (Wildman–Crippen LogP) is 0.924. The third-order valence-corrected chi connectivity index (χ3v) is 4.87. The highest BCUT2D eigenvalue weighted by molar-refractivity contribution is 5.55. The average Bonchev–Trinajstić information content (AvgIpc) is 3.11. The second-order valence-corrected chi connectivity index (χ2v) is 6.74. The summed E-state index contributed by atoms with van der Waals surface area (Å²) in [6.07, 6.45) is 1.56. The van der Waals surface area contributed by atoms with Gasteiger partial charge in [-0.05, 0) is 26.0 Å². The fourth-order valence-corrected chi connectivity index (χ4v) is 3.26. The van der Waals surface area contributed by atoms with Gasteiger partial charge in [0.05, 0.1) is 0 Å². The lowest BCUT2D eigenvalue weighted by Crippen LogP contribution is -2.47. The Labute approximate surface area is 152 Å². The van der Waals surface area contributed by atoms with Crippen molar-refractivity contribution in [1.29, 1.82) is 0 Å². The molecule has 26 heavy (non-hydrogen) atoms. The minimum absolute atomic E-state index is 0.649. The van der Waals surface area contributed by atoms with Gasteiger partial charge in [0, 0.05) is 51.5 Å². The van der Waals surface area contributed by atoms with Gasteiger partial charge in [-0.15, -0.1) is 10.2 Å². The van der Waals surface area contributed by atoms with Crippen molar-refractivity contribution in [3.05, 3.63) is 29.7 Å². The molecule has 1 aliphatic rings. The third kappa shape index (κ3) is 2.79. The van der Waals surface area contributed by atoms with E-state index in [2.05, 4.69) is 42.0 Å². The van der Waals surface area contributed by atoms with E-state index in [-0.39, 0.29) is 0 Å². The summed E-state index contributed by atoms with van der Waals surface area (Å²) in [7, 11) is 3.93. The van der Waals surface area contributed by atoms with Gasteiger partial charge in [0.25, 0.3) is 5.78 Å². The molecule has 0 atom stereocenters. The van der Waals surface area contributed by atoms with Crippen LogP contribution in [-0.4, -0.2) is 70.1 Å². The molecule has 4 heterocycles. The molecule has 3 aromatic heterocycles. The van der Waals surface area contributed by atoms with Crippen LogP contribution in [0.5, 0.6) is 0 Å². The van der Waals surface area contributed by atoms with Gasteiger partial charge in [-0.1, -0.05) is 0 Å². The molecule has 0 saturated carbocycles. The molecule has 0 unspecified atom stereocenters. The van der Waals surface area contributed by atoms with Crippen LogP contribution in [-0.2, 0) is 0 Å². The molecule has 1 aliphatic heterocycles. The standard InChI is InChI=1S/C17H23N9/c1-12-13(2)20-17-18-11-19-26(17)16(12)25-9-7-24(8-10-25)15-6-5-14(21-22-15)23(3)4/h5-6,11H,7-10H2,1-4H3. The maximum Gasteiger partial charge on any atom is 0.254 e. The van der Waals surface area contributed by atoms with Crippen LogP contribution in [0.3, 0.4) is 0 Å². The largest absolute Gasteiger partial charge is 0.361 e. The summed E-state index contributed by atoms with van der Waals surface area (Å²) in [6.45, 7) is 7.65. The fraction of sp³-hybridized carbons (Fsp3) is 0.471. The molecule has 9 heteroatoms. The number of fused-ring (bicyclic) bond motifs is 1. The summed E-state index contributed by atoms with van der Waals surface area (Å²) in [5.41, 5.74) is 2.14. The Morgan fingerprint density at radius 2 is 1.69 bits per heavy atom. The monoisotopic (exact) mass is 353 g/mol. The van der Waals surface area contributed by atoms with E-state index < -0.39 is 0 Å². The lowest BCUT2D eigenvalue weighted by atomic mass is 10.2. The summed E-state index contributed by atoms with van der Waals surface area (Å²) >= 11 is 0. The van der Waals surface area contributed by atoms with Gasteiger partial charge in [-0.3, -0.25) is 0 Å². The van der Waals surface area contributed by atoms with Crippen molar-refractivity contribution in [2.75, 3.05) is 55.0 Å². The number of nitrogens with zero attached hydrogens (tertiary/aromatic N) is 9. The van der Waals surface area contributed by atoms with Crippen LogP contribution >= 0.6 is 0 Å². The van der Waals surface area contributed by atoms with Crippen molar-refractivity contribution in [2.45, 2.75) is 13.8 Å². The SMILES string of the molecule is Cc1nc2ncnn2c(N2CCN(c3ccc(N(C)C)nn3)CC2)c1C. The molecule has 9 nitrogen and oxygen atoms in total. The number of aromatic nitrogens is 6. The zero-order chi connectivity index (χ0) is 18.3. The van der Waals surface area contributed by atoms with E-state index in [1.165, 1.54) is 0 Å². The second-order valence-electron chi connectivity index (χ2n) is 6.74. The highest BCUT2D eigenvalue weighted by atomic mass is 15.4. The first-order valence-corrected chi connectivity index (χ1v) is 8.72. The number of rotatable bonds is 3. The number of hydrogen-bond donors (Lipinski definition) is 0. The van der Waals surface area contributed by atoms with E-state index in [1.54, 1.807) is 6.33 Å². The van der Waals surface area contributed by atoms with Gasteiger partial charge in [0.1, 0.15) is 12.1 Å². The smallest absolute Gasteiger partial charge is 0.254 e. The Kier molecular flexibility index (Phi) is 4.06. The highest BCUT2D eigenvalue weighted by Crippen LogP contribution is 2.24. The van der Waals surface area contributed by atoms with Crippen LogP contribution in [0.2, 0.25) is 0 Å². The molecule has 4 rings (SSSR count). The topological polar surface area (TPSA) is 78.6 Å². The summed E-state index contributed by atoms with van der Waals surface area (Å²) in [6, 6.07) is 4.04. The lowest BCUT2D eigenvalue weighted by molar-refractivity contribution is 0.628. The molecule has 0 aromatic carbocycles. The normalized spacial score (nSPS) is 14.9. The molecule has 1 fully saturated rings. The minimum atomic E-state index is 0.649. The van der Waals surface area contributed by atoms with Gasteiger partial charge in [-0.2, -0.15) is 14.6 Å². The number of piperazine rings is 1. The first-order valence-electron chi connectivity index (χ1n) is 8.72. The van der Waals surface area contributed by atoms with E-state index in [0.717, 1.165) is 54.9 Å². The van der Waals surface area contributed by atoms with E-state index >= 15 is 0 Å². The Balaban J connectivity index is 1.54.